The van der Waals surface area contributed by atoms with Crippen LogP contribution in [-0.4, -0.2) is 11.5 Å². The van der Waals surface area contributed by atoms with E-state index < -0.39 is 17.7 Å². The number of halogens is 2. The van der Waals surface area contributed by atoms with Crippen molar-refractivity contribution in [3.63, 3.8) is 0 Å². The van der Waals surface area contributed by atoms with Crippen molar-refractivity contribution in [3.8, 4) is 0 Å². The highest BCUT2D eigenvalue weighted by molar-refractivity contribution is 7.11. The molecule has 0 amide bonds. The molecule has 1 aromatic carbocycles. The van der Waals surface area contributed by atoms with Gasteiger partial charge in [0.15, 0.2) is 0 Å². The Morgan fingerprint density at radius 2 is 2.05 bits per heavy atom. The SMILES string of the molecule is CCCNC(c1nc(C)c(C)s1)c1cc(F)ccc1F. The Morgan fingerprint density at radius 3 is 2.65 bits per heavy atom. The second-order valence-corrected chi connectivity index (χ2v) is 5.98. The zero-order valence-corrected chi connectivity index (χ0v) is 12.7. The van der Waals surface area contributed by atoms with Crippen LogP contribution in [0.4, 0.5) is 8.78 Å². The van der Waals surface area contributed by atoms with Crippen LogP contribution in [0, 0.1) is 25.5 Å². The minimum absolute atomic E-state index is 0.312. The van der Waals surface area contributed by atoms with Crippen molar-refractivity contribution in [3.05, 3.63) is 51.0 Å². The molecule has 2 nitrogen and oxygen atoms in total. The van der Waals surface area contributed by atoms with Crippen molar-refractivity contribution < 1.29 is 8.78 Å². The molecule has 1 atom stereocenters. The molecule has 1 aromatic heterocycles. The first-order chi connectivity index (χ1) is 9.52. The van der Waals surface area contributed by atoms with E-state index in [1.165, 1.54) is 23.5 Å². The molecule has 0 aliphatic heterocycles. The van der Waals surface area contributed by atoms with Gasteiger partial charge in [-0.25, -0.2) is 13.8 Å². The molecular weight excluding hydrogens is 278 g/mol. The maximum Gasteiger partial charge on any atom is 0.128 e. The summed E-state index contributed by atoms with van der Waals surface area (Å²) in [5, 5.41) is 4.03. The summed E-state index contributed by atoms with van der Waals surface area (Å²) in [7, 11) is 0. The molecule has 1 unspecified atom stereocenters. The Balaban J connectivity index is 2.43. The second-order valence-electron chi connectivity index (χ2n) is 4.75. The van der Waals surface area contributed by atoms with Gasteiger partial charge in [0.05, 0.1) is 11.7 Å². The smallest absolute Gasteiger partial charge is 0.128 e. The Morgan fingerprint density at radius 1 is 1.30 bits per heavy atom. The summed E-state index contributed by atoms with van der Waals surface area (Å²) in [5.74, 6) is -0.847. The highest BCUT2D eigenvalue weighted by Gasteiger charge is 2.21. The number of aromatic nitrogens is 1. The van der Waals surface area contributed by atoms with E-state index in [-0.39, 0.29) is 0 Å². The normalized spacial score (nSPS) is 12.7. The summed E-state index contributed by atoms with van der Waals surface area (Å²) < 4.78 is 27.4. The number of nitrogens with one attached hydrogen (secondary N) is 1. The molecule has 0 aliphatic rings. The Labute approximate surface area is 121 Å². The molecule has 1 heterocycles. The highest BCUT2D eigenvalue weighted by atomic mass is 32.1. The molecule has 20 heavy (non-hydrogen) atoms. The summed E-state index contributed by atoms with van der Waals surface area (Å²) in [5.41, 5.74) is 1.25. The minimum Gasteiger partial charge on any atom is -0.304 e. The predicted octanol–water partition coefficient (Wildman–Crippen LogP) is 4.13. The average molecular weight is 296 g/mol. The Bertz CT molecular complexity index is 576. The molecule has 0 saturated carbocycles. The summed E-state index contributed by atoms with van der Waals surface area (Å²) in [6, 6.07) is 3.14. The van der Waals surface area contributed by atoms with E-state index in [9.17, 15) is 8.78 Å². The fourth-order valence-electron chi connectivity index (χ4n) is 1.98. The van der Waals surface area contributed by atoms with Crippen molar-refractivity contribution in [1.29, 1.82) is 0 Å². The van der Waals surface area contributed by atoms with Crippen LogP contribution >= 0.6 is 11.3 Å². The standard InChI is InChI=1S/C15H18F2N2S/c1-4-7-18-14(15-19-9(2)10(3)20-15)12-8-11(16)5-6-13(12)17/h5-6,8,14,18H,4,7H2,1-3H3. The summed E-state index contributed by atoms with van der Waals surface area (Å²) >= 11 is 1.52. The van der Waals surface area contributed by atoms with E-state index in [1.54, 1.807) is 0 Å². The first-order valence-electron chi connectivity index (χ1n) is 6.65. The first-order valence-corrected chi connectivity index (χ1v) is 7.46. The lowest BCUT2D eigenvalue weighted by molar-refractivity contribution is 0.533. The van der Waals surface area contributed by atoms with Gasteiger partial charge in [0.25, 0.3) is 0 Å². The second kappa shape index (κ2) is 6.41. The molecule has 2 rings (SSSR count). The summed E-state index contributed by atoms with van der Waals surface area (Å²) in [6.07, 6.45) is 0.913. The van der Waals surface area contributed by atoms with Crippen LogP contribution in [0.2, 0.25) is 0 Å². The number of aryl methyl sites for hydroxylation is 2. The van der Waals surface area contributed by atoms with E-state index in [0.717, 1.165) is 34.6 Å². The van der Waals surface area contributed by atoms with Gasteiger partial charge in [-0.2, -0.15) is 0 Å². The molecule has 0 saturated heterocycles. The third-order valence-corrected chi connectivity index (χ3v) is 4.30. The fourth-order valence-corrected chi connectivity index (χ4v) is 2.99. The van der Waals surface area contributed by atoms with E-state index in [4.69, 9.17) is 0 Å². The summed E-state index contributed by atoms with van der Waals surface area (Å²) in [4.78, 5) is 5.57. The molecule has 5 heteroatoms. The largest absolute Gasteiger partial charge is 0.304 e. The van der Waals surface area contributed by atoms with E-state index in [1.807, 2.05) is 20.8 Å². The molecule has 108 valence electrons. The minimum atomic E-state index is -0.435. The first kappa shape index (κ1) is 15.1. The van der Waals surface area contributed by atoms with Crippen LogP contribution in [0.5, 0.6) is 0 Å². The number of hydrogen-bond acceptors (Lipinski definition) is 3. The number of benzene rings is 1. The maximum absolute atomic E-state index is 14.0. The molecule has 0 bridgehead atoms. The van der Waals surface area contributed by atoms with Crippen LogP contribution in [-0.2, 0) is 0 Å². The third kappa shape index (κ3) is 3.22. The van der Waals surface area contributed by atoms with Crippen molar-refractivity contribution in [2.45, 2.75) is 33.2 Å². The lowest BCUT2D eigenvalue weighted by Crippen LogP contribution is -2.24. The van der Waals surface area contributed by atoms with Crippen molar-refractivity contribution in [1.82, 2.24) is 10.3 Å². The van der Waals surface area contributed by atoms with Crippen LogP contribution < -0.4 is 5.32 Å². The Kier molecular flexibility index (Phi) is 4.83. The van der Waals surface area contributed by atoms with Gasteiger partial charge < -0.3 is 5.32 Å². The van der Waals surface area contributed by atoms with Crippen LogP contribution in [0.25, 0.3) is 0 Å². The average Bonchev–Trinajstić information content (AvgIpc) is 2.74. The molecule has 1 N–H and O–H groups in total. The van der Waals surface area contributed by atoms with Gasteiger partial charge >= 0.3 is 0 Å². The van der Waals surface area contributed by atoms with Crippen molar-refractivity contribution in [2.24, 2.45) is 0 Å². The number of nitrogens with zero attached hydrogens (tertiary/aromatic N) is 1. The lowest BCUT2D eigenvalue weighted by Gasteiger charge is -2.17. The van der Waals surface area contributed by atoms with Gasteiger partial charge in [-0.15, -0.1) is 11.3 Å². The van der Waals surface area contributed by atoms with Crippen LogP contribution in [0.1, 0.15) is 40.5 Å². The third-order valence-electron chi connectivity index (χ3n) is 3.16. The summed E-state index contributed by atoms with van der Waals surface area (Å²) in [6.45, 7) is 6.66. The quantitative estimate of drug-likeness (QED) is 0.897. The van der Waals surface area contributed by atoms with Gasteiger partial charge in [-0.3, -0.25) is 0 Å². The predicted molar refractivity (Wildman–Crippen MR) is 78.1 cm³/mol. The molecule has 0 aliphatic carbocycles. The van der Waals surface area contributed by atoms with Gasteiger partial charge in [0.2, 0.25) is 0 Å². The molecular formula is C15H18F2N2S. The molecule has 2 aromatic rings. The number of hydrogen-bond donors (Lipinski definition) is 1. The highest BCUT2D eigenvalue weighted by Crippen LogP contribution is 2.29. The van der Waals surface area contributed by atoms with Gasteiger partial charge in [0.1, 0.15) is 16.6 Å². The topological polar surface area (TPSA) is 24.9 Å². The Hall–Kier alpha value is -1.33. The van der Waals surface area contributed by atoms with Gasteiger partial charge in [0, 0.05) is 10.4 Å². The van der Waals surface area contributed by atoms with Crippen LogP contribution in [0.15, 0.2) is 18.2 Å². The zero-order chi connectivity index (χ0) is 14.7. The van der Waals surface area contributed by atoms with E-state index in [2.05, 4.69) is 10.3 Å². The lowest BCUT2D eigenvalue weighted by atomic mass is 10.1. The van der Waals surface area contributed by atoms with E-state index >= 15 is 0 Å². The van der Waals surface area contributed by atoms with Gasteiger partial charge in [-0.05, 0) is 45.0 Å². The molecule has 0 spiro atoms. The monoisotopic (exact) mass is 296 g/mol. The molecule has 0 fully saturated rings. The molecule has 0 radical (unpaired) electrons. The number of rotatable bonds is 5. The van der Waals surface area contributed by atoms with Crippen molar-refractivity contribution >= 4 is 11.3 Å². The van der Waals surface area contributed by atoms with Gasteiger partial charge in [-0.1, -0.05) is 6.92 Å². The zero-order valence-electron chi connectivity index (χ0n) is 11.8. The fraction of sp³-hybridized carbons (Fsp3) is 0.400. The number of thiazole rings is 1. The van der Waals surface area contributed by atoms with E-state index in [0.29, 0.717) is 5.56 Å². The van der Waals surface area contributed by atoms with Crippen LogP contribution in [0.3, 0.4) is 0 Å². The van der Waals surface area contributed by atoms with Crippen molar-refractivity contribution in [2.75, 3.05) is 6.54 Å². The maximum atomic E-state index is 14.0.